The first-order valence-corrected chi connectivity index (χ1v) is 5.58. The fraction of sp³-hybridized carbons (Fsp3) is 0.500. The number of anilines is 1. The smallest absolute Gasteiger partial charge is 0.253 e. The number of carbonyl (C=O) groups excluding carboxylic acids is 1. The topological polar surface area (TPSA) is 77.2 Å². The van der Waals surface area contributed by atoms with Crippen LogP contribution in [0.25, 0.3) is 0 Å². The van der Waals surface area contributed by atoms with Crippen molar-refractivity contribution in [2.45, 2.75) is 26.4 Å². The number of nitrogen functional groups attached to an aromatic ring is 1. The lowest BCUT2D eigenvalue weighted by molar-refractivity contribution is -0.00815. The average molecular weight is 237 g/mol. The number of hydrogen-bond donors (Lipinski definition) is 2. The molecule has 1 rings (SSSR count). The van der Waals surface area contributed by atoms with Crippen LogP contribution >= 0.6 is 0 Å². The minimum atomic E-state index is -0.383. The van der Waals surface area contributed by atoms with Gasteiger partial charge in [-0.1, -0.05) is 0 Å². The molecule has 0 aliphatic heterocycles. The quantitative estimate of drug-likeness (QED) is 0.807. The first-order chi connectivity index (χ1) is 7.96. The summed E-state index contributed by atoms with van der Waals surface area (Å²) in [7, 11) is 0. The molecule has 94 valence electrons. The van der Waals surface area contributed by atoms with Gasteiger partial charge >= 0.3 is 0 Å². The lowest BCUT2D eigenvalue weighted by atomic mass is 10.1. The summed E-state index contributed by atoms with van der Waals surface area (Å²) in [5.74, 6) is -0.210. The third-order valence-corrected chi connectivity index (χ3v) is 2.31. The number of nitrogens with two attached hydrogens (primary N) is 1. The first-order valence-electron chi connectivity index (χ1n) is 5.58. The molecular weight excluding hydrogens is 218 g/mol. The number of aromatic nitrogens is 1. The number of amides is 1. The van der Waals surface area contributed by atoms with Crippen molar-refractivity contribution in [2.75, 3.05) is 18.9 Å². The van der Waals surface area contributed by atoms with E-state index in [-0.39, 0.29) is 11.5 Å². The molecule has 5 nitrogen and oxygen atoms in total. The molecule has 0 saturated heterocycles. The van der Waals surface area contributed by atoms with E-state index in [4.69, 9.17) is 10.5 Å². The van der Waals surface area contributed by atoms with Crippen molar-refractivity contribution in [3.8, 4) is 0 Å². The van der Waals surface area contributed by atoms with Crippen molar-refractivity contribution in [3.05, 3.63) is 24.0 Å². The van der Waals surface area contributed by atoms with Gasteiger partial charge in [0.2, 0.25) is 0 Å². The highest BCUT2D eigenvalue weighted by molar-refractivity contribution is 5.98. The number of rotatable bonds is 5. The van der Waals surface area contributed by atoms with Crippen LogP contribution < -0.4 is 11.1 Å². The fourth-order valence-corrected chi connectivity index (χ4v) is 1.44. The molecule has 1 heterocycles. The van der Waals surface area contributed by atoms with Crippen molar-refractivity contribution in [3.63, 3.8) is 0 Å². The largest absolute Gasteiger partial charge is 0.397 e. The van der Waals surface area contributed by atoms with Crippen LogP contribution in [0.1, 0.15) is 31.1 Å². The zero-order chi connectivity index (χ0) is 12.9. The van der Waals surface area contributed by atoms with Gasteiger partial charge in [0.05, 0.1) is 23.0 Å². The maximum Gasteiger partial charge on any atom is 0.253 e. The van der Waals surface area contributed by atoms with Crippen LogP contribution in [-0.2, 0) is 4.74 Å². The van der Waals surface area contributed by atoms with Crippen LogP contribution in [0.15, 0.2) is 18.5 Å². The second-order valence-electron chi connectivity index (χ2n) is 4.34. The van der Waals surface area contributed by atoms with Gasteiger partial charge in [-0.15, -0.1) is 0 Å². The lowest BCUT2D eigenvalue weighted by Gasteiger charge is -2.24. The van der Waals surface area contributed by atoms with Crippen LogP contribution in [-0.4, -0.2) is 29.6 Å². The molecule has 0 fully saturated rings. The summed E-state index contributed by atoms with van der Waals surface area (Å²) in [5, 5.41) is 2.79. The number of hydrogen-bond acceptors (Lipinski definition) is 4. The van der Waals surface area contributed by atoms with Crippen molar-refractivity contribution in [2.24, 2.45) is 0 Å². The molecule has 0 atom stereocenters. The van der Waals surface area contributed by atoms with Crippen LogP contribution in [0.5, 0.6) is 0 Å². The van der Waals surface area contributed by atoms with Crippen LogP contribution in [0.4, 0.5) is 5.69 Å². The summed E-state index contributed by atoms with van der Waals surface area (Å²) in [6.45, 7) is 6.81. The maximum atomic E-state index is 11.8. The second-order valence-corrected chi connectivity index (χ2v) is 4.34. The van der Waals surface area contributed by atoms with Crippen molar-refractivity contribution in [1.82, 2.24) is 10.3 Å². The van der Waals surface area contributed by atoms with Gasteiger partial charge in [0, 0.05) is 19.3 Å². The molecule has 3 N–H and O–H groups in total. The number of pyridine rings is 1. The molecule has 1 aromatic rings. The van der Waals surface area contributed by atoms with Gasteiger partial charge in [-0.25, -0.2) is 0 Å². The van der Waals surface area contributed by atoms with Gasteiger partial charge in [0.1, 0.15) is 0 Å². The first kappa shape index (κ1) is 13.4. The molecule has 1 aromatic heterocycles. The standard InChI is InChI=1S/C12H19N3O2/c1-4-17-12(2,3)8-15-11(16)9-5-6-14-7-10(9)13/h5-7H,4,8,13H2,1-3H3,(H,15,16). The molecule has 0 aromatic carbocycles. The number of ether oxygens (including phenoxy) is 1. The summed E-state index contributed by atoms with van der Waals surface area (Å²) in [5.41, 5.74) is 6.09. The minimum absolute atomic E-state index is 0.210. The Morgan fingerprint density at radius 3 is 2.88 bits per heavy atom. The zero-order valence-corrected chi connectivity index (χ0v) is 10.5. The Bertz CT molecular complexity index is 391. The highest BCUT2D eigenvalue weighted by atomic mass is 16.5. The van der Waals surface area contributed by atoms with Gasteiger partial charge in [0.25, 0.3) is 5.91 Å². The highest BCUT2D eigenvalue weighted by Crippen LogP contribution is 2.10. The third-order valence-electron chi connectivity index (χ3n) is 2.31. The van der Waals surface area contributed by atoms with E-state index < -0.39 is 0 Å². The van der Waals surface area contributed by atoms with Crippen LogP contribution in [0.3, 0.4) is 0 Å². The van der Waals surface area contributed by atoms with E-state index in [0.717, 1.165) is 0 Å². The molecule has 0 spiro atoms. The summed E-state index contributed by atoms with van der Waals surface area (Å²) >= 11 is 0. The van der Waals surface area contributed by atoms with E-state index in [0.29, 0.717) is 24.4 Å². The zero-order valence-electron chi connectivity index (χ0n) is 10.5. The maximum absolute atomic E-state index is 11.8. The SMILES string of the molecule is CCOC(C)(C)CNC(=O)c1ccncc1N. The summed E-state index contributed by atoms with van der Waals surface area (Å²) in [6.07, 6.45) is 3.00. The van der Waals surface area contributed by atoms with Crippen molar-refractivity contribution in [1.29, 1.82) is 0 Å². The third kappa shape index (κ3) is 4.03. The molecular formula is C12H19N3O2. The number of carbonyl (C=O) groups is 1. The molecule has 0 unspecified atom stereocenters. The average Bonchev–Trinajstić information content (AvgIpc) is 2.27. The van der Waals surface area contributed by atoms with E-state index in [2.05, 4.69) is 10.3 Å². The molecule has 0 aliphatic carbocycles. The molecule has 0 radical (unpaired) electrons. The van der Waals surface area contributed by atoms with Gasteiger partial charge in [0.15, 0.2) is 0 Å². The molecule has 0 bridgehead atoms. The van der Waals surface area contributed by atoms with Crippen molar-refractivity contribution >= 4 is 11.6 Å². The van der Waals surface area contributed by atoms with Gasteiger partial charge in [-0.3, -0.25) is 9.78 Å². The molecule has 0 saturated carbocycles. The monoisotopic (exact) mass is 237 g/mol. The minimum Gasteiger partial charge on any atom is -0.397 e. The number of nitrogens with one attached hydrogen (secondary N) is 1. The Balaban J connectivity index is 2.59. The summed E-state index contributed by atoms with van der Waals surface area (Å²) < 4.78 is 5.49. The van der Waals surface area contributed by atoms with Gasteiger partial charge in [-0.05, 0) is 26.8 Å². The van der Waals surface area contributed by atoms with E-state index in [1.54, 1.807) is 12.3 Å². The van der Waals surface area contributed by atoms with Crippen molar-refractivity contribution < 1.29 is 9.53 Å². The lowest BCUT2D eigenvalue weighted by Crippen LogP contribution is -2.40. The predicted octanol–water partition coefficient (Wildman–Crippen LogP) is 1.21. The molecule has 17 heavy (non-hydrogen) atoms. The Hall–Kier alpha value is -1.62. The molecule has 1 amide bonds. The molecule has 0 aliphatic rings. The van der Waals surface area contributed by atoms with Crippen LogP contribution in [0.2, 0.25) is 0 Å². The molecule has 5 heteroatoms. The van der Waals surface area contributed by atoms with E-state index in [9.17, 15) is 4.79 Å². The Labute approximate surface area is 101 Å². The van der Waals surface area contributed by atoms with E-state index >= 15 is 0 Å². The van der Waals surface area contributed by atoms with Gasteiger partial charge < -0.3 is 15.8 Å². The van der Waals surface area contributed by atoms with Crippen LogP contribution in [0, 0.1) is 0 Å². The van der Waals surface area contributed by atoms with E-state index in [1.807, 2.05) is 20.8 Å². The second kappa shape index (κ2) is 5.63. The Morgan fingerprint density at radius 1 is 1.59 bits per heavy atom. The van der Waals surface area contributed by atoms with E-state index in [1.165, 1.54) is 6.20 Å². The fourth-order valence-electron chi connectivity index (χ4n) is 1.44. The Kier molecular flexibility index (Phi) is 4.45. The summed E-state index contributed by atoms with van der Waals surface area (Å²) in [6, 6.07) is 1.60. The predicted molar refractivity (Wildman–Crippen MR) is 66.7 cm³/mol. The normalized spacial score (nSPS) is 11.2. The number of nitrogens with zero attached hydrogens (tertiary/aromatic N) is 1. The van der Waals surface area contributed by atoms with Gasteiger partial charge in [-0.2, -0.15) is 0 Å². The Morgan fingerprint density at radius 2 is 2.29 bits per heavy atom. The highest BCUT2D eigenvalue weighted by Gasteiger charge is 2.19. The summed E-state index contributed by atoms with van der Waals surface area (Å²) in [4.78, 5) is 15.7.